The summed E-state index contributed by atoms with van der Waals surface area (Å²) in [5.74, 6) is 0. The number of rotatable bonds is 2. The topological polar surface area (TPSA) is 49.4 Å². The van der Waals surface area contributed by atoms with E-state index in [1.54, 1.807) is 16.4 Å². The van der Waals surface area contributed by atoms with Crippen molar-refractivity contribution in [1.29, 1.82) is 0 Å². The standard InChI is InChI=1S/C12H18N2O2S2/c15-18(16,11-2-1-9-17-11)14-8-5-12(10-14)3-6-13-7-4-12/h1-2,9,13H,3-8,10H2. The van der Waals surface area contributed by atoms with Crippen LogP contribution in [0.3, 0.4) is 0 Å². The van der Waals surface area contributed by atoms with Crippen molar-refractivity contribution in [2.45, 2.75) is 23.5 Å². The van der Waals surface area contributed by atoms with E-state index in [1.807, 2.05) is 5.38 Å². The van der Waals surface area contributed by atoms with Crippen molar-refractivity contribution in [3.8, 4) is 0 Å². The molecule has 2 aliphatic heterocycles. The maximum absolute atomic E-state index is 12.4. The maximum Gasteiger partial charge on any atom is 0.252 e. The van der Waals surface area contributed by atoms with Gasteiger partial charge in [0.2, 0.25) is 0 Å². The Hall–Kier alpha value is -0.430. The van der Waals surface area contributed by atoms with Crippen molar-refractivity contribution in [2.24, 2.45) is 5.41 Å². The Kier molecular flexibility index (Phi) is 3.21. The summed E-state index contributed by atoms with van der Waals surface area (Å²) in [6, 6.07) is 3.50. The maximum atomic E-state index is 12.4. The third-order valence-corrected chi connectivity index (χ3v) is 7.37. The van der Waals surface area contributed by atoms with Crippen LogP contribution in [0.2, 0.25) is 0 Å². The van der Waals surface area contributed by atoms with Crippen molar-refractivity contribution in [3.05, 3.63) is 17.5 Å². The largest absolute Gasteiger partial charge is 0.317 e. The molecule has 18 heavy (non-hydrogen) atoms. The number of nitrogens with zero attached hydrogens (tertiary/aromatic N) is 1. The molecule has 0 bridgehead atoms. The molecule has 1 N–H and O–H groups in total. The molecule has 0 amide bonds. The summed E-state index contributed by atoms with van der Waals surface area (Å²) in [7, 11) is -3.24. The van der Waals surface area contributed by atoms with Crippen LogP contribution in [0.15, 0.2) is 21.7 Å². The van der Waals surface area contributed by atoms with Gasteiger partial charge in [-0.1, -0.05) is 6.07 Å². The molecule has 0 unspecified atom stereocenters. The van der Waals surface area contributed by atoms with Crippen molar-refractivity contribution in [1.82, 2.24) is 9.62 Å². The molecule has 0 radical (unpaired) electrons. The van der Waals surface area contributed by atoms with E-state index in [4.69, 9.17) is 0 Å². The number of hydrogen-bond acceptors (Lipinski definition) is 4. The molecular weight excluding hydrogens is 268 g/mol. The summed E-state index contributed by atoms with van der Waals surface area (Å²) in [4.78, 5) is 0. The molecule has 0 aromatic carbocycles. The zero-order valence-electron chi connectivity index (χ0n) is 10.3. The Balaban J connectivity index is 1.80. The summed E-state index contributed by atoms with van der Waals surface area (Å²) in [6.45, 7) is 3.43. The molecule has 6 heteroatoms. The van der Waals surface area contributed by atoms with Crippen LogP contribution in [-0.2, 0) is 10.0 Å². The highest BCUT2D eigenvalue weighted by Gasteiger charge is 2.43. The molecule has 1 aromatic rings. The minimum Gasteiger partial charge on any atom is -0.317 e. The van der Waals surface area contributed by atoms with Gasteiger partial charge >= 0.3 is 0 Å². The van der Waals surface area contributed by atoms with E-state index < -0.39 is 10.0 Å². The lowest BCUT2D eigenvalue weighted by Gasteiger charge is -2.33. The summed E-state index contributed by atoms with van der Waals surface area (Å²) >= 11 is 1.31. The van der Waals surface area contributed by atoms with Gasteiger partial charge in [-0.2, -0.15) is 4.31 Å². The molecule has 0 atom stereocenters. The quantitative estimate of drug-likeness (QED) is 0.896. The fourth-order valence-electron chi connectivity index (χ4n) is 3.00. The number of sulfonamides is 1. The van der Waals surface area contributed by atoms with Crippen LogP contribution in [0.4, 0.5) is 0 Å². The lowest BCUT2D eigenvalue weighted by Crippen LogP contribution is -2.39. The highest BCUT2D eigenvalue weighted by Crippen LogP contribution is 2.40. The van der Waals surface area contributed by atoms with Crippen LogP contribution in [0.5, 0.6) is 0 Å². The second-order valence-electron chi connectivity index (χ2n) is 5.27. The second-order valence-corrected chi connectivity index (χ2v) is 8.38. The average molecular weight is 286 g/mol. The van der Waals surface area contributed by atoms with Gasteiger partial charge in [0.05, 0.1) is 0 Å². The van der Waals surface area contributed by atoms with E-state index in [0.717, 1.165) is 32.4 Å². The minimum atomic E-state index is -3.24. The number of piperidine rings is 1. The number of hydrogen-bond donors (Lipinski definition) is 1. The Morgan fingerprint density at radius 3 is 2.72 bits per heavy atom. The highest BCUT2D eigenvalue weighted by molar-refractivity contribution is 7.91. The first-order valence-corrected chi connectivity index (χ1v) is 8.69. The molecule has 2 aliphatic rings. The van der Waals surface area contributed by atoms with Crippen molar-refractivity contribution in [2.75, 3.05) is 26.2 Å². The zero-order valence-corrected chi connectivity index (χ0v) is 11.9. The van der Waals surface area contributed by atoms with Crippen molar-refractivity contribution >= 4 is 21.4 Å². The van der Waals surface area contributed by atoms with Gasteiger partial charge in [0.25, 0.3) is 10.0 Å². The average Bonchev–Trinajstić information content (AvgIpc) is 3.00. The predicted octanol–water partition coefficient (Wildman–Crippen LogP) is 1.51. The summed E-state index contributed by atoms with van der Waals surface area (Å²) in [5.41, 5.74) is 0.232. The number of nitrogens with one attached hydrogen (secondary N) is 1. The molecule has 4 nitrogen and oxygen atoms in total. The van der Waals surface area contributed by atoms with Gasteiger partial charge in [0, 0.05) is 13.1 Å². The Labute approximate surface area is 112 Å². The molecule has 1 aromatic heterocycles. The first-order valence-electron chi connectivity index (χ1n) is 6.37. The monoisotopic (exact) mass is 286 g/mol. The summed E-state index contributed by atoms with van der Waals surface area (Å²) < 4.78 is 27.0. The molecule has 1 spiro atoms. The third kappa shape index (κ3) is 2.11. The van der Waals surface area contributed by atoms with Crippen molar-refractivity contribution < 1.29 is 8.42 Å². The van der Waals surface area contributed by atoms with E-state index >= 15 is 0 Å². The molecule has 2 fully saturated rings. The lowest BCUT2D eigenvalue weighted by molar-refractivity contribution is 0.218. The Morgan fingerprint density at radius 1 is 1.28 bits per heavy atom. The van der Waals surface area contributed by atoms with E-state index in [9.17, 15) is 8.42 Å². The van der Waals surface area contributed by atoms with Gasteiger partial charge in [0.1, 0.15) is 4.21 Å². The van der Waals surface area contributed by atoms with Gasteiger partial charge in [-0.25, -0.2) is 8.42 Å². The number of thiophene rings is 1. The molecule has 0 saturated carbocycles. The fourth-order valence-corrected chi connectivity index (χ4v) is 5.70. The van der Waals surface area contributed by atoms with E-state index in [2.05, 4.69) is 5.32 Å². The molecule has 100 valence electrons. The van der Waals surface area contributed by atoms with Gasteiger partial charge in [-0.15, -0.1) is 11.3 Å². The van der Waals surface area contributed by atoms with E-state index in [1.165, 1.54) is 11.3 Å². The SMILES string of the molecule is O=S(=O)(c1cccs1)N1CCC2(CCNCC2)C1. The molecule has 0 aliphatic carbocycles. The van der Waals surface area contributed by atoms with Crippen LogP contribution >= 0.6 is 11.3 Å². The van der Waals surface area contributed by atoms with Gasteiger partial charge in [0.15, 0.2) is 0 Å². The van der Waals surface area contributed by atoms with Crippen LogP contribution in [0, 0.1) is 5.41 Å². The van der Waals surface area contributed by atoms with Crippen LogP contribution in [0.25, 0.3) is 0 Å². The lowest BCUT2D eigenvalue weighted by atomic mass is 9.78. The molecular formula is C12H18N2O2S2. The van der Waals surface area contributed by atoms with Crippen molar-refractivity contribution in [3.63, 3.8) is 0 Å². The van der Waals surface area contributed by atoms with Crippen LogP contribution < -0.4 is 5.32 Å². The van der Waals surface area contributed by atoms with E-state index in [0.29, 0.717) is 17.3 Å². The normalized spacial score (nSPS) is 24.7. The zero-order chi connectivity index (χ0) is 12.6. The first-order chi connectivity index (χ1) is 8.62. The van der Waals surface area contributed by atoms with Gasteiger partial charge in [-0.05, 0) is 49.2 Å². The Morgan fingerprint density at radius 2 is 2.06 bits per heavy atom. The first kappa shape index (κ1) is 12.6. The molecule has 3 rings (SSSR count). The summed E-state index contributed by atoms with van der Waals surface area (Å²) in [5, 5.41) is 5.17. The molecule has 2 saturated heterocycles. The van der Waals surface area contributed by atoms with Gasteiger partial charge in [-0.3, -0.25) is 0 Å². The van der Waals surface area contributed by atoms with Crippen LogP contribution in [0.1, 0.15) is 19.3 Å². The minimum absolute atomic E-state index is 0.232. The highest BCUT2D eigenvalue weighted by atomic mass is 32.2. The smallest absolute Gasteiger partial charge is 0.252 e. The third-order valence-electron chi connectivity index (χ3n) is 4.16. The predicted molar refractivity (Wildman–Crippen MR) is 72.2 cm³/mol. The van der Waals surface area contributed by atoms with Crippen LogP contribution in [-0.4, -0.2) is 38.9 Å². The van der Waals surface area contributed by atoms with E-state index in [-0.39, 0.29) is 5.41 Å². The molecule has 3 heterocycles. The van der Waals surface area contributed by atoms with Gasteiger partial charge < -0.3 is 5.32 Å². The fraction of sp³-hybridized carbons (Fsp3) is 0.667. The second kappa shape index (κ2) is 4.59. The summed E-state index contributed by atoms with van der Waals surface area (Å²) in [6.07, 6.45) is 3.21. The Bertz CT molecular complexity index is 504.